The molecule has 1 aliphatic heterocycles. The van der Waals surface area contributed by atoms with Crippen molar-refractivity contribution in [2.24, 2.45) is 0 Å². The molecule has 122 valence electrons. The van der Waals surface area contributed by atoms with E-state index in [4.69, 9.17) is 9.72 Å². The lowest BCUT2D eigenvalue weighted by Gasteiger charge is -2.27. The van der Waals surface area contributed by atoms with Gasteiger partial charge in [-0.05, 0) is 12.1 Å². The van der Waals surface area contributed by atoms with Gasteiger partial charge in [0.05, 0.1) is 18.3 Å². The summed E-state index contributed by atoms with van der Waals surface area (Å²) < 4.78 is 5.38. The van der Waals surface area contributed by atoms with Crippen LogP contribution in [-0.2, 0) is 0 Å². The van der Waals surface area contributed by atoms with Gasteiger partial charge in [0.1, 0.15) is 0 Å². The summed E-state index contributed by atoms with van der Waals surface area (Å²) >= 11 is 0. The maximum atomic E-state index is 5.38. The van der Waals surface area contributed by atoms with Crippen molar-refractivity contribution in [3.63, 3.8) is 0 Å². The number of hydrogen-bond acceptors (Lipinski definition) is 6. The quantitative estimate of drug-likeness (QED) is 0.797. The molecule has 0 bridgehead atoms. The third-order valence-corrected chi connectivity index (χ3v) is 4.19. The molecular weight excluding hydrogens is 302 g/mol. The van der Waals surface area contributed by atoms with E-state index in [-0.39, 0.29) is 0 Å². The van der Waals surface area contributed by atoms with Crippen molar-refractivity contribution >= 4 is 16.9 Å². The van der Waals surface area contributed by atoms with Crippen molar-refractivity contribution in [1.29, 1.82) is 0 Å². The van der Waals surface area contributed by atoms with E-state index in [2.05, 4.69) is 32.3 Å². The topological polar surface area (TPSA) is 63.2 Å². The molecule has 24 heavy (non-hydrogen) atoms. The zero-order chi connectivity index (χ0) is 16.4. The smallest absolute Gasteiger partial charge is 0.229 e. The van der Waals surface area contributed by atoms with Crippen LogP contribution in [0, 0.1) is 0 Å². The molecule has 3 heterocycles. The summed E-state index contributed by atoms with van der Waals surface area (Å²) in [6.45, 7) is 3.66. The highest BCUT2D eigenvalue weighted by atomic mass is 16.5. The van der Waals surface area contributed by atoms with Crippen molar-refractivity contribution in [3.05, 3.63) is 42.6 Å². The largest absolute Gasteiger partial charge is 0.481 e. The number of fused-ring (bicyclic) bond motifs is 1. The van der Waals surface area contributed by atoms with E-state index < -0.39 is 0 Å². The Hall–Kier alpha value is -2.73. The average molecular weight is 321 g/mol. The van der Waals surface area contributed by atoms with Gasteiger partial charge < -0.3 is 15.0 Å². The number of para-hydroxylation sites is 1. The lowest BCUT2D eigenvalue weighted by molar-refractivity contribution is 0.396. The number of methoxy groups -OCH3 is 1. The summed E-state index contributed by atoms with van der Waals surface area (Å²) in [5.74, 6) is 1.28. The maximum absolute atomic E-state index is 5.38. The first-order chi connectivity index (χ1) is 11.8. The van der Waals surface area contributed by atoms with Crippen LogP contribution in [0.2, 0.25) is 0 Å². The summed E-state index contributed by atoms with van der Waals surface area (Å²) in [5, 5.41) is 4.43. The minimum Gasteiger partial charge on any atom is -0.481 e. The summed E-state index contributed by atoms with van der Waals surface area (Å²) in [6.07, 6.45) is 1.85. The number of nitrogens with zero attached hydrogens (tertiary/aromatic N) is 4. The number of ether oxygens (including phenoxy) is 1. The van der Waals surface area contributed by atoms with E-state index in [1.54, 1.807) is 7.11 Å². The molecule has 1 aromatic carbocycles. The second kappa shape index (κ2) is 6.41. The molecule has 6 nitrogen and oxygen atoms in total. The molecule has 4 rings (SSSR count). The van der Waals surface area contributed by atoms with Crippen LogP contribution in [0.15, 0.2) is 42.6 Å². The first kappa shape index (κ1) is 14.8. The Morgan fingerprint density at radius 3 is 2.75 bits per heavy atom. The molecule has 0 unspecified atom stereocenters. The Morgan fingerprint density at radius 1 is 1.08 bits per heavy atom. The highest BCUT2D eigenvalue weighted by Crippen LogP contribution is 2.26. The van der Waals surface area contributed by atoms with Crippen LogP contribution in [0.25, 0.3) is 22.2 Å². The standard InChI is InChI=1S/C18H19N5O/c1-24-17-11-16(21-18(22-17)23-8-6-19-7-9-23)14-10-13-4-2-3-5-15(13)20-12-14/h2-5,10-12,19H,6-9H2,1H3. The Balaban J connectivity index is 1.77. The molecule has 1 fully saturated rings. The molecule has 0 spiro atoms. The summed E-state index contributed by atoms with van der Waals surface area (Å²) in [5.41, 5.74) is 2.77. The van der Waals surface area contributed by atoms with Gasteiger partial charge in [-0.3, -0.25) is 4.98 Å². The SMILES string of the molecule is COc1cc(-c2cnc3ccccc3c2)nc(N2CCNCC2)n1. The number of rotatable bonds is 3. The lowest BCUT2D eigenvalue weighted by atomic mass is 10.1. The van der Waals surface area contributed by atoms with Crippen LogP contribution >= 0.6 is 0 Å². The summed E-state index contributed by atoms with van der Waals surface area (Å²) in [7, 11) is 1.63. The first-order valence-electron chi connectivity index (χ1n) is 8.07. The maximum Gasteiger partial charge on any atom is 0.229 e. The van der Waals surface area contributed by atoms with Gasteiger partial charge in [-0.2, -0.15) is 4.98 Å². The van der Waals surface area contributed by atoms with Gasteiger partial charge in [-0.25, -0.2) is 4.98 Å². The fraction of sp³-hybridized carbons (Fsp3) is 0.278. The number of hydrogen-bond donors (Lipinski definition) is 1. The van der Waals surface area contributed by atoms with Gasteiger partial charge in [0, 0.05) is 49.4 Å². The van der Waals surface area contributed by atoms with Gasteiger partial charge in [0.2, 0.25) is 11.8 Å². The van der Waals surface area contributed by atoms with Crippen molar-refractivity contribution in [3.8, 4) is 17.1 Å². The fourth-order valence-electron chi connectivity index (χ4n) is 2.88. The molecule has 0 radical (unpaired) electrons. The van der Waals surface area contributed by atoms with Crippen LogP contribution in [0.5, 0.6) is 5.88 Å². The molecule has 0 amide bonds. The molecule has 6 heteroatoms. The lowest BCUT2D eigenvalue weighted by Crippen LogP contribution is -2.44. The van der Waals surface area contributed by atoms with Crippen molar-refractivity contribution in [2.45, 2.75) is 0 Å². The van der Waals surface area contributed by atoms with E-state index in [9.17, 15) is 0 Å². The van der Waals surface area contributed by atoms with Gasteiger partial charge in [0.15, 0.2) is 0 Å². The van der Waals surface area contributed by atoms with Gasteiger partial charge >= 0.3 is 0 Å². The molecular formula is C18H19N5O. The molecule has 1 aliphatic rings. The first-order valence-corrected chi connectivity index (χ1v) is 8.07. The van der Waals surface area contributed by atoms with Crippen molar-refractivity contribution in [2.75, 3.05) is 38.2 Å². The summed E-state index contributed by atoms with van der Waals surface area (Å²) in [4.78, 5) is 16.0. The number of pyridine rings is 1. The minimum atomic E-state index is 0.571. The highest BCUT2D eigenvalue weighted by Gasteiger charge is 2.16. The predicted octanol–water partition coefficient (Wildman–Crippen LogP) is 2.11. The highest BCUT2D eigenvalue weighted by molar-refractivity contribution is 5.83. The molecule has 1 N–H and O–H groups in total. The third-order valence-electron chi connectivity index (χ3n) is 4.19. The summed E-state index contributed by atoms with van der Waals surface area (Å²) in [6, 6.07) is 12.0. The van der Waals surface area contributed by atoms with Crippen LogP contribution in [0.1, 0.15) is 0 Å². The van der Waals surface area contributed by atoms with Gasteiger partial charge in [-0.15, -0.1) is 0 Å². The second-order valence-corrected chi connectivity index (χ2v) is 5.75. The second-order valence-electron chi connectivity index (χ2n) is 5.75. The number of piperazine rings is 1. The van der Waals surface area contributed by atoms with Crippen LogP contribution in [-0.4, -0.2) is 48.2 Å². The van der Waals surface area contributed by atoms with E-state index >= 15 is 0 Å². The van der Waals surface area contributed by atoms with E-state index in [1.807, 2.05) is 30.5 Å². The van der Waals surface area contributed by atoms with Crippen molar-refractivity contribution < 1.29 is 4.74 Å². The van der Waals surface area contributed by atoms with E-state index in [0.717, 1.165) is 48.3 Å². The van der Waals surface area contributed by atoms with Crippen LogP contribution in [0.3, 0.4) is 0 Å². The zero-order valence-corrected chi connectivity index (χ0v) is 13.6. The van der Waals surface area contributed by atoms with E-state index in [1.165, 1.54) is 0 Å². The van der Waals surface area contributed by atoms with E-state index in [0.29, 0.717) is 11.8 Å². The number of aromatic nitrogens is 3. The zero-order valence-electron chi connectivity index (χ0n) is 13.6. The predicted molar refractivity (Wildman–Crippen MR) is 94.4 cm³/mol. The number of nitrogens with one attached hydrogen (secondary N) is 1. The average Bonchev–Trinajstić information content (AvgIpc) is 2.68. The fourth-order valence-corrected chi connectivity index (χ4v) is 2.88. The van der Waals surface area contributed by atoms with Crippen LogP contribution in [0.4, 0.5) is 5.95 Å². The molecule has 1 saturated heterocycles. The molecule has 0 atom stereocenters. The Morgan fingerprint density at radius 2 is 1.92 bits per heavy atom. The Kier molecular flexibility index (Phi) is 3.96. The molecule has 0 saturated carbocycles. The number of anilines is 1. The number of benzene rings is 1. The van der Waals surface area contributed by atoms with Crippen molar-refractivity contribution in [1.82, 2.24) is 20.3 Å². The van der Waals surface area contributed by atoms with Gasteiger partial charge in [0.25, 0.3) is 0 Å². The normalized spacial score (nSPS) is 14.8. The molecule has 0 aliphatic carbocycles. The third kappa shape index (κ3) is 2.88. The molecule has 2 aromatic heterocycles. The minimum absolute atomic E-state index is 0.571. The van der Waals surface area contributed by atoms with Gasteiger partial charge in [-0.1, -0.05) is 18.2 Å². The monoisotopic (exact) mass is 321 g/mol. The van der Waals surface area contributed by atoms with Crippen LogP contribution < -0.4 is 15.0 Å². The Bertz CT molecular complexity index is 861. The molecule has 3 aromatic rings. The Labute approximate surface area is 140 Å².